The van der Waals surface area contributed by atoms with Gasteiger partial charge in [0.05, 0.1) is 14.2 Å². The summed E-state index contributed by atoms with van der Waals surface area (Å²) < 4.78 is 11.1. The molecule has 5 rings (SSSR count). The van der Waals surface area contributed by atoms with E-state index in [1.165, 1.54) is 49.2 Å². The van der Waals surface area contributed by atoms with Gasteiger partial charge in [-0.3, -0.25) is 0 Å². The second-order valence-corrected chi connectivity index (χ2v) is 7.44. The van der Waals surface area contributed by atoms with Crippen LogP contribution in [0.2, 0.25) is 0 Å². The molecule has 0 aliphatic carbocycles. The molecular weight excluding hydrogens is 344 g/mol. The van der Waals surface area contributed by atoms with Gasteiger partial charge < -0.3 is 9.47 Å². The van der Waals surface area contributed by atoms with Crippen molar-refractivity contribution in [3.63, 3.8) is 0 Å². The van der Waals surface area contributed by atoms with Gasteiger partial charge in [-0.1, -0.05) is 36.4 Å². The molecule has 0 saturated heterocycles. The lowest BCUT2D eigenvalue weighted by Crippen LogP contribution is -1.94. The Hall–Kier alpha value is -3.26. The van der Waals surface area contributed by atoms with E-state index < -0.39 is 0 Å². The van der Waals surface area contributed by atoms with Gasteiger partial charge >= 0.3 is 0 Å². The van der Waals surface area contributed by atoms with Crippen LogP contribution in [0.3, 0.4) is 0 Å². The maximum atomic E-state index is 5.74. The van der Waals surface area contributed by atoms with Crippen molar-refractivity contribution in [2.75, 3.05) is 14.2 Å². The molecule has 0 aliphatic rings. The smallest absolute Gasteiger partial charge is 0.126 e. The van der Waals surface area contributed by atoms with Crippen molar-refractivity contribution in [1.82, 2.24) is 0 Å². The molecule has 5 aromatic carbocycles. The van der Waals surface area contributed by atoms with Gasteiger partial charge in [-0.05, 0) is 81.9 Å². The first-order valence-electron chi connectivity index (χ1n) is 9.52. The molecule has 5 aromatic rings. The van der Waals surface area contributed by atoms with Crippen molar-refractivity contribution in [3.05, 3.63) is 71.8 Å². The van der Waals surface area contributed by atoms with Gasteiger partial charge in [-0.15, -0.1) is 0 Å². The Balaban J connectivity index is 2.02. The van der Waals surface area contributed by atoms with E-state index >= 15 is 0 Å². The third-order valence-electron chi connectivity index (χ3n) is 5.87. The van der Waals surface area contributed by atoms with Crippen LogP contribution in [-0.2, 0) is 0 Å². The fraction of sp³-hybridized carbons (Fsp3) is 0.154. The monoisotopic (exact) mass is 366 g/mol. The van der Waals surface area contributed by atoms with E-state index in [0.29, 0.717) is 0 Å². The predicted octanol–water partition coefficient (Wildman–Crippen LogP) is 6.89. The van der Waals surface area contributed by atoms with Crippen molar-refractivity contribution in [2.24, 2.45) is 0 Å². The van der Waals surface area contributed by atoms with Crippen LogP contribution in [0.15, 0.2) is 60.7 Å². The average Bonchev–Trinajstić information content (AvgIpc) is 2.73. The molecule has 0 unspecified atom stereocenters. The fourth-order valence-electron chi connectivity index (χ4n) is 4.57. The number of hydrogen-bond donors (Lipinski definition) is 0. The molecule has 2 heteroatoms. The van der Waals surface area contributed by atoms with E-state index in [-0.39, 0.29) is 0 Å². The van der Waals surface area contributed by atoms with E-state index in [2.05, 4.69) is 62.4 Å². The number of rotatable bonds is 3. The summed E-state index contributed by atoms with van der Waals surface area (Å²) in [7, 11) is 3.44. The van der Waals surface area contributed by atoms with E-state index in [9.17, 15) is 0 Å². The zero-order chi connectivity index (χ0) is 19.4. The van der Waals surface area contributed by atoms with Crippen LogP contribution in [-0.4, -0.2) is 14.2 Å². The highest BCUT2D eigenvalue weighted by atomic mass is 16.5. The molecule has 0 radical (unpaired) electrons. The summed E-state index contributed by atoms with van der Waals surface area (Å²) in [6.07, 6.45) is 0. The molecule has 0 fully saturated rings. The molecule has 0 aromatic heterocycles. The van der Waals surface area contributed by atoms with Crippen LogP contribution in [0.25, 0.3) is 43.4 Å². The number of ether oxygens (including phenoxy) is 2. The minimum Gasteiger partial charge on any atom is -0.497 e. The van der Waals surface area contributed by atoms with Crippen molar-refractivity contribution in [3.8, 4) is 22.6 Å². The first kappa shape index (κ1) is 16.9. The molecule has 28 heavy (non-hydrogen) atoms. The summed E-state index contributed by atoms with van der Waals surface area (Å²) in [6, 6.07) is 21.6. The van der Waals surface area contributed by atoms with Gasteiger partial charge in [0, 0.05) is 10.8 Å². The zero-order valence-electron chi connectivity index (χ0n) is 16.6. The van der Waals surface area contributed by atoms with Gasteiger partial charge in [0.25, 0.3) is 0 Å². The third kappa shape index (κ3) is 2.27. The summed E-state index contributed by atoms with van der Waals surface area (Å²) in [5, 5.41) is 7.65. The highest BCUT2D eigenvalue weighted by Gasteiger charge is 2.18. The molecule has 0 aliphatic heterocycles. The van der Waals surface area contributed by atoms with Crippen LogP contribution in [0.4, 0.5) is 0 Å². The Morgan fingerprint density at radius 1 is 0.607 bits per heavy atom. The molecule has 0 saturated carbocycles. The Bertz CT molecular complexity index is 1330. The Morgan fingerprint density at radius 2 is 1.36 bits per heavy atom. The summed E-state index contributed by atoms with van der Waals surface area (Å²) >= 11 is 0. The molecule has 0 spiro atoms. The number of benzene rings is 5. The molecule has 138 valence electrons. The average molecular weight is 366 g/mol. The lowest BCUT2D eigenvalue weighted by molar-refractivity contribution is 0.415. The van der Waals surface area contributed by atoms with Crippen LogP contribution >= 0.6 is 0 Å². The van der Waals surface area contributed by atoms with Crippen molar-refractivity contribution in [1.29, 1.82) is 0 Å². The van der Waals surface area contributed by atoms with Crippen molar-refractivity contribution >= 4 is 32.3 Å². The van der Waals surface area contributed by atoms with Crippen LogP contribution in [0.1, 0.15) is 11.1 Å². The second kappa shape index (κ2) is 6.13. The van der Waals surface area contributed by atoms with Gasteiger partial charge in [0.15, 0.2) is 0 Å². The maximum absolute atomic E-state index is 5.74. The highest BCUT2D eigenvalue weighted by Crippen LogP contribution is 2.45. The summed E-state index contributed by atoms with van der Waals surface area (Å²) in [4.78, 5) is 0. The SMILES string of the molecule is COc1ccc(-c2cc3c(OC)ccc4ccc5c(C)cc(C)c2c5c43)cc1. The third-order valence-corrected chi connectivity index (χ3v) is 5.87. The fourth-order valence-corrected chi connectivity index (χ4v) is 4.57. The molecule has 0 atom stereocenters. The second-order valence-electron chi connectivity index (χ2n) is 7.44. The van der Waals surface area contributed by atoms with E-state index in [1.807, 2.05) is 12.1 Å². The van der Waals surface area contributed by atoms with E-state index in [4.69, 9.17) is 9.47 Å². The van der Waals surface area contributed by atoms with Gasteiger partial charge in [0.2, 0.25) is 0 Å². The lowest BCUT2D eigenvalue weighted by atomic mass is 9.85. The minimum atomic E-state index is 0.867. The van der Waals surface area contributed by atoms with E-state index in [1.54, 1.807) is 14.2 Å². The van der Waals surface area contributed by atoms with Crippen LogP contribution in [0, 0.1) is 13.8 Å². The topological polar surface area (TPSA) is 18.5 Å². The molecule has 0 amide bonds. The van der Waals surface area contributed by atoms with Crippen molar-refractivity contribution in [2.45, 2.75) is 13.8 Å². The first-order chi connectivity index (χ1) is 13.6. The summed E-state index contributed by atoms with van der Waals surface area (Å²) in [5.41, 5.74) is 5.02. The number of methoxy groups -OCH3 is 2. The maximum Gasteiger partial charge on any atom is 0.126 e. The molecular formula is C26H22O2. The Labute approximate surface area is 164 Å². The van der Waals surface area contributed by atoms with E-state index in [0.717, 1.165) is 16.9 Å². The predicted molar refractivity (Wildman–Crippen MR) is 118 cm³/mol. The molecule has 0 N–H and O–H groups in total. The first-order valence-corrected chi connectivity index (χ1v) is 9.52. The van der Waals surface area contributed by atoms with Gasteiger partial charge in [0.1, 0.15) is 11.5 Å². The molecule has 0 bridgehead atoms. The van der Waals surface area contributed by atoms with Crippen LogP contribution in [0.5, 0.6) is 11.5 Å². The quantitative estimate of drug-likeness (QED) is 0.324. The standard InChI is InChI=1S/C26H22O2/c1-15-13-16(2)24-21(17-5-9-19(27-3)10-6-17)14-22-23(28-4)12-8-18-7-11-20(15)26(24)25(18)22/h5-14H,1-4H3. The lowest BCUT2D eigenvalue weighted by Gasteiger charge is -2.19. The summed E-state index contributed by atoms with van der Waals surface area (Å²) in [5.74, 6) is 1.78. The minimum absolute atomic E-state index is 0.867. The number of hydrogen-bond acceptors (Lipinski definition) is 2. The van der Waals surface area contributed by atoms with Crippen molar-refractivity contribution < 1.29 is 9.47 Å². The zero-order valence-corrected chi connectivity index (χ0v) is 16.6. The van der Waals surface area contributed by atoms with Gasteiger partial charge in [-0.2, -0.15) is 0 Å². The number of aryl methyl sites for hydroxylation is 2. The molecule has 0 heterocycles. The normalized spacial score (nSPS) is 11.6. The van der Waals surface area contributed by atoms with Gasteiger partial charge in [-0.25, -0.2) is 0 Å². The molecule has 2 nitrogen and oxygen atoms in total. The Kier molecular flexibility index (Phi) is 3.70. The van der Waals surface area contributed by atoms with Crippen LogP contribution < -0.4 is 9.47 Å². The highest BCUT2D eigenvalue weighted by molar-refractivity contribution is 6.28. The Morgan fingerprint density at radius 3 is 2.07 bits per heavy atom. The summed E-state index contributed by atoms with van der Waals surface area (Å²) in [6.45, 7) is 4.41. The largest absolute Gasteiger partial charge is 0.497 e.